The van der Waals surface area contributed by atoms with E-state index in [9.17, 15) is 17.9 Å². The maximum atomic E-state index is 14.0. The Morgan fingerprint density at radius 1 is 1.18 bits per heavy atom. The molecule has 0 heterocycles. The molecule has 1 aromatic carbocycles. The number of alkyl halides is 1. The number of benzene rings is 1. The van der Waals surface area contributed by atoms with E-state index in [0.29, 0.717) is 37.8 Å². The molecule has 1 aromatic rings. The van der Waals surface area contributed by atoms with Gasteiger partial charge in [-0.05, 0) is 64.0 Å². The van der Waals surface area contributed by atoms with E-state index in [1.54, 1.807) is 38.1 Å². The summed E-state index contributed by atoms with van der Waals surface area (Å²) in [6, 6.07) is 8.95. The van der Waals surface area contributed by atoms with Crippen molar-refractivity contribution in [3.63, 3.8) is 0 Å². The van der Waals surface area contributed by atoms with Gasteiger partial charge in [-0.15, -0.1) is 0 Å². The third-order valence-corrected chi connectivity index (χ3v) is 6.73. The molecular weight excluding hydrogens is 379 g/mol. The highest BCUT2D eigenvalue weighted by atomic mass is 32.2. The van der Waals surface area contributed by atoms with Crippen molar-refractivity contribution in [1.82, 2.24) is 4.31 Å². The molecular formula is C21H37FN2O3S. The zero-order valence-corrected chi connectivity index (χ0v) is 18.3. The van der Waals surface area contributed by atoms with E-state index in [0.717, 1.165) is 12.8 Å². The zero-order chi connectivity index (χ0) is 21.2. The van der Waals surface area contributed by atoms with Gasteiger partial charge in [0.2, 0.25) is 10.0 Å². The number of nitrogens with zero attached hydrogens (tertiary/aromatic N) is 1. The first-order chi connectivity index (χ1) is 13.1. The van der Waals surface area contributed by atoms with Crippen molar-refractivity contribution < 1.29 is 17.9 Å². The second-order valence-electron chi connectivity index (χ2n) is 8.10. The molecule has 28 heavy (non-hydrogen) atoms. The van der Waals surface area contributed by atoms with Crippen molar-refractivity contribution in [3.8, 4) is 0 Å². The quantitative estimate of drug-likeness (QED) is 0.452. The van der Waals surface area contributed by atoms with Gasteiger partial charge in [0, 0.05) is 6.54 Å². The molecule has 0 aromatic heterocycles. The van der Waals surface area contributed by atoms with Crippen LogP contribution in [0.15, 0.2) is 30.3 Å². The second-order valence-corrected chi connectivity index (χ2v) is 10.0. The number of nitrogens with two attached hydrogens (primary N) is 1. The summed E-state index contributed by atoms with van der Waals surface area (Å²) in [5, 5.41) is 10.5. The second kappa shape index (κ2) is 11.9. The lowest BCUT2D eigenvalue weighted by Crippen LogP contribution is -2.42. The van der Waals surface area contributed by atoms with Crippen LogP contribution < -0.4 is 5.73 Å². The Balaban J connectivity index is 2.81. The highest BCUT2D eigenvalue weighted by molar-refractivity contribution is 7.88. The number of halogens is 1. The molecule has 2 unspecified atom stereocenters. The highest BCUT2D eigenvalue weighted by Gasteiger charge is 2.29. The van der Waals surface area contributed by atoms with Crippen LogP contribution in [-0.4, -0.2) is 42.8 Å². The van der Waals surface area contributed by atoms with Crippen LogP contribution in [0.25, 0.3) is 0 Å². The first-order valence-electron chi connectivity index (χ1n) is 10.2. The normalized spacial score (nSPS) is 15.0. The lowest BCUT2D eigenvalue weighted by atomic mass is 9.89. The smallest absolute Gasteiger partial charge is 0.220 e. The molecule has 3 N–H and O–H groups in total. The molecule has 0 saturated carbocycles. The molecule has 0 saturated heterocycles. The van der Waals surface area contributed by atoms with Crippen LogP contribution in [0.3, 0.4) is 0 Å². The Kier molecular flexibility index (Phi) is 10.6. The van der Waals surface area contributed by atoms with E-state index in [1.807, 2.05) is 13.0 Å². The van der Waals surface area contributed by atoms with Gasteiger partial charge in [-0.25, -0.2) is 12.8 Å². The predicted molar refractivity (Wildman–Crippen MR) is 113 cm³/mol. The molecule has 0 radical (unpaired) electrons. The maximum absolute atomic E-state index is 14.0. The van der Waals surface area contributed by atoms with Gasteiger partial charge >= 0.3 is 0 Å². The molecule has 2 atom stereocenters. The van der Waals surface area contributed by atoms with E-state index in [2.05, 4.69) is 0 Å². The molecule has 0 aliphatic heterocycles. The SMILES string of the molecule is CCC(CCCN(C(O)CCCN)S(=O)(=O)Cc1ccccc1)CC(C)(C)F. The van der Waals surface area contributed by atoms with E-state index in [1.165, 1.54) is 4.31 Å². The number of aliphatic hydroxyl groups is 1. The lowest BCUT2D eigenvalue weighted by Gasteiger charge is -2.28. The molecule has 7 heteroatoms. The molecule has 5 nitrogen and oxygen atoms in total. The summed E-state index contributed by atoms with van der Waals surface area (Å²) in [4.78, 5) is 0. The Morgan fingerprint density at radius 3 is 2.36 bits per heavy atom. The van der Waals surface area contributed by atoms with Crippen LogP contribution in [-0.2, 0) is 15.8 Å². The van der Waals surface area contributed by atoms with Crippen LogP contribution in [0.1, 0.15) is 64.9 Å². The van der Waals surface area contributed by atoms with Gasteiger partial charge in [0.1, 0.15) is 11.9 Å². The predicted octanol–water partition coefficient (Wildman–Crippen LogP) is 3.82. The Labute approximate surface area is 170 Å². The van der Waals surface area contributed by atoms with Gasteiger partial charge in [0.15, 0.2) is 0 Å². The summed E-state index contributed by atoms with van der Waals surface area (Å²) in [7, 11) is -3.68. The van der Waals surface area contributed by atoms with Crippen molar-refractivity contribution in [2.24, 2.45) is 11.7 Å². The Hall–Kier alpha value is -1.02. The Morgan fingerprint density at radius 2 is 1.82 bits per heavy atom. The van der Waals surface area contributed by atoms with Gasteiger partial charge in [0.05, 0.1) is 5.75 Å². The van der Waals surface area contributed by atoms with Crippen LogP contribution in [0.4, 0.5) is 4.39 Å². The number of hydrogen-bond donors (Lipinski definition) is 2. The van der Waals surface area contributed by atoms with Gasteiger partial charge in [-0.1, -0.05) is 43.7 Å². The number of aliphatic hydroxyl groups excluding tert-OH is 1. The fourth-order valence-corrected chi connectivity index (χ4v) is 5.12. The van der Waals surface area contributed by atoms with Crippen LogP contribution >= 0.6 is 0 Å². The van der Waals surface area contributed by atoms with Crippen molar-refractivity contribution >= 4 is 10.0 Å². The summed E-state index contributed by atoms with van der Waals surface area (Å²) in [6.07, 6.45) is 2.38. The first-order valence-corrected chi connectivity index (χ1v) is 11.8. The molecule has 0 spiro atoms. The van der Waals surface area contributed by atoms with Gasteiger partial charge in [-0.2, -0.15) is 4.31 Å². The third kappa shape index (κ3) is 9.45. The monoisotopic (exact) mass is 416 g/mol. The lowest BCUT2D eigenvalue weighted by molar-refractivity contribution is 0.0515. The average Bonchev–Trinajstić information content (AvgIpc) is 2.61. The minimum atomic E-state index is -3.68. The number of sulfonamides is 1. The summed E-state index contributed by atoms with van der Waals surface area (Å²) in [6.45, 7) is 5.79. The molecule has 0 aliphatic rings. The van der Waals surface area contributed by atoms with Crippen molar-refractivity contribution in [1.29, 1.82) is 0 Å². The van der Waals surface area contributed by atoms with Crippen molar-refractivity contribution in [2.45, 2.75) is 76.9 Å². The molecule has 162 valence electrons. The standard InChI is InChI=1S/C21H37FN2O3S/c1-4-18(16-21(2,3)22)12-9-15-24(20(25)13-8-14-23)28(26,27)17-19-10-6-5-7-11-19/h5-7,10-11,18,20,25H,4,8-9,12-17,23H2,1-3H3. The molecule has 0 bridgehead atoms. The Bertz CT molecular complexity index is 647. The van der Waals surface area contributed by atoms with Gasteiger partial charge in [-0.3, -0.25) is 0 Å². The van der Waals surface area contributed by atoms with Crippen molar-refractivity contribution in [3.05, 3.63) is 35.9 Å². The van der Waals surface area contributed by atoms with Gasteiger partial charge in [0.25, 0.3) is 0 Å². The molecule has 0 amide bonds. The summed E-state index contributed by atoms with van der Waals surface area (Å²) in [5.74, 6) is 0.0438. The molecule has 0 fully saturated rings. The fraction of sp³-hybridized carbons (Fsp3) is 0.714. The van der Waals surface area contributed by atoms with Crippen molar-refractivity contribution in [2.75, 3.05) is 13.1 Å². The molecule has 0 aliphatic carbocycles. The van der Waals surface area contributed by atoms with E-state index >= 15 is 0 Å². The topological polar surface area (TPSA) is 83.6 Å². The van der Waals surface area contributed by atoms with Crippen LogP contribution in [0.2, 0.25) is 0 Å². The number of hydrogen-bond acceptors (Lipinski definition) is 4. The van der Waals surface area contributed by atoms with E-state index < -0.39 is 21.9 Å². The minimum absolute atomic E-state index is 0.151. The zero-order valence-electron chi connectivity index (χ0n) is 17.5. The highest BCUT2D eigenvalue weighted by Crippen LogP contribution is 2.27. The van der Waals surface area contributed by atoms with Gasteiger partial charge < -0.3 is 10.8 Å². The van der Waals surface area contributed by atoms with E-state index in [-0.39, 0.29) is 18.2 Å². The summed E-state index contributed by atoms with van der Waals surface area (Å²) < 4.78 is 41.1. The number of rotatable bonds is 14. The van der Waals surface area contributed by atoms with E-state index in [4.69, 9.17) is 5.73 Å². The third-order valence-electron chi connectivity index (χ3n) is 4.89. The maximum Gasteiger partial charge on any atom is 0.220 e. The summed E-state index contributed by atoms with van der Waals surface area (Å²) in [5.41, 5.74) is 4.96. The summed E-state index contributed by atoms with van der Waals surface area (Å²) >= 11 is 0. The van der Waals surface area contributed by atoms with Crippen LogP contribution in [0.5, 0.6) is 0 Å². The average molecular weight is 417 g/mol. The van der Waals surface area contributed by atoms with Crippen LogP contribution in [0, 0.1) is 5.92 Å². The fourth-order valence-electron chi connectivity index (χ4n) is 3.46. The first kappa shape index (κ1) is 25.0. The minimum Gasteiger partial charge on any atom is -0.377 e. The largest absolute Gasteiger partial charge is 0.377 e. The molecule has 1 rings (SSSR count).